The molecule has 0 radical (unpaired) electrons. The summed E-state index contributed by atoms with van der Waals surface area (Å²) in [7, 11) is 0. The van der Waals surface area contributed by atoms with Crippen molar-refractivity contribution >= 4 is 16.8 Å². The zero-order valence-corrected chi connectivity index (χ0v) is 17.9. The average molecular weight is 436 g/mol. The van der Waals surface area contributed by atoms with Crippen molar-refractivity contribution in [2.75, 3.05) is 0 Å². The van der Waals surface area contributed by atoms with Crippen LogP contribution in [0.15, 0.2) is 55.4 Å². The van der Waals surface area contributed by atoms with Crippen molar-refractivity contribution in [3.8, 4) is 5.75 Å². The highest BCUT2D eigenvalue weighted by Crippen LogP contribution is 2.61. The Morgan fingerprint density at radius 2 is 2.03 bits per heavy atom. The normalized spacial score (nSPS) is 24.7. The predicted molar refractivity (Wildman–Crippen MR) is 117 cm³/mol. The summed E-state index contributed by atoms with van der Waals surface area (Å²) in [6.07, 6.45) is 7.55. The SMILES string of the molecule is C=C(CCn1cnnc1)NC(=O)C(C)C1[C@H]2CC(Oc3ccnc4ccc(F)cc34)C[C@@H]12. The van der Waals surface area contributed by atoms with E-state index in [1.165, 1.54) is 12.1 Å². The number of aromatic nitrogens is 4. The lowest BCUT2D eigenvalue weighted by Crippen LogP contribution is -2.31. The maximum absolute atomic E-state index is 13.7. The molecule has 2 saturated carbocycles. The van der Waals surface area contributed by atoms with Gasteiger partial charge in [-0.05, 0) is 54.9 Å². The molecule has 2 aliphatic rings. The van der Waals surface area contributed by atoms with E-state index in [1.54, 1.807) is 31.0 Å². The number of fused-ring (bicyclic) bond motifs is 2. The maximum atomic E-state index is 13.7. The molecule has 7 nitrogen and oxygen atoms in total. The molecule has 166 valence electrons. The van der Waals surface area contributed by atoms with Crippen molar-refractivity contribution in [1.82, 2.24) is 25.1 Å². The van der Waals surface area contributed by atoms with Gasteiger partial charge < -0.3 is 14.6 Å². The minimum atomic E-state index is -0.298. The number of rotatable bonds is 8. The third kappa shape index (κ3) is 4.09. The van der Waals surface area contributed by atoms with Gasteiger partial charge in [0.15, 0.2) is 0 Å². The van der Waals surface area contributed by atoms with E-state index in [0.717, 1.165) is 18.4 Å². The van der Waals surface area contributed by atoms with E-state index in [2.05, 4.69) is 27.1 Å². The second-order valence-electron chi connectivity index (χ2n) is 8.92. The van der Waals surface area contributed by atoms with Crippen LogP contribution >= 0.6 is 0 Å². The molecule has 5 atom stereocenters. The first-order chi connectivity index (χ1) is 15.5. The largest absolute Gasteiger partial charge is 0.490 e. The van der Waals surface area contributed by atoms with E-state index in [-0.39, 0.29) is 23.7 Å². The summed E-state index contributed by atoms with van der Waals surface area (Å²) in [4.78, 5) is 17.0. The van der Waals surface area contributed by atoms with Gasteiger partial charge in [-0.15, -0.1) is 10.2 Å². The van der Waals surface area contributed by atoms with Gasteiger partial charge in [0.05, 0.1) is 11.6 Å². The van der Waals surface area contributed by atoms with Crippen LogP contribution in [0.5, 0.6) is 5.75 Å². The number of pyridine rings is 1. The van der Waals surface area contributed by atoms with Crippen molar-refractivity contribution in [3.63, 3.8) is 0 Å². The van der Waals surface area contributed by atoms with Crippen LogP contribution in [-0.4, -0.2) is 31.8 Å². The third-order valence-electron chi connectivity index (χ3n) is 6.85. The molecular formula is C24H26FN5O2. The van der Waals surface area contributed by atoms with Crippen molar-refractivity contribution in [1.29, 1.82) is 0 Å². The Hall–Kier alpha value is -3.29. The topological polar surface area (TPSA) is 81.9 Å². The smallest absolute Gasteiger partial charge is 0.227 e. The molecule has 8 heteroatoms. The highest BCUT2D eigenvalue weighted by atomic mass is 19.1. The Labute approximate surface area is 185 Å². The van der Waals surface area contributed by atoms with Gasteiger partial charge in [0, 0.05) is 36.2 Å². The fourth-order valence-corrected chi connectivity index (χ4v) is 5.18. The Morgan fingerprint density at radius 3 is 2.78 bits per heavy atom. The molecule has 1 amide bonds. The molecule has 0 saturated heterocycles. The number of carbonyl (C=O) groups excluding carboxylic acids is 1. The summed E-state index contributed by atoms with van der Waals surface area (Å²) in [6, 6.07) is 6.34. The van der Waals surface area contributed by atoms with Gasteiger partial charge in [-0.25, -0.2) is 4.39 Å². The summed E-state index contributed by atoms with van der Waals surface area (Å²) in [5.74, 6) is 1.72. The second kappa shape index (κ2) is 8.33. The molecule has 3 aromatic rings. The molecule has 3 unspecified atom stereocenters. The van der Waals surface area contributed by atoms with Gasteiger partial charge in [0.1, 0.15) is 24.2 Å². The first-order valence-corrected chi connectivity index (χ1v) is 11.0. The summed E-state index contributed by atoms with van der Waals surface area (Å²) < 4.78 is 21.8. The van der Waals surface area contributed by atoms with Crippen molar-refractivity contribution in [3.05, 3.63) is 61.2 Å². The summed E-state index contributed by atoms with van der Waals surface area (Å²) in [5.41, 5.74) is 1.43. The summed E-state index contributed by atoms with van der Waals surface area (Å²) in [6.45, 7) is 6.66. The minimum absolute atomic E-state index is 0.0335. The number of nitrogens with one attached hydrogen (secondary N) is 1. The van der Waals surface area contributed by atoms with Gasteiger partial charge in [0.2, 0.25) is 5.91 Å². The number of amides is 1. The molecule has 0 spiro atoms. The minimum Gasteiger partial charge on any atom is -0.490 e. The van der Waals surface area contributed by atoms with Gasteiger partial charge in [-0.1, -0.05) is 13.5 Å². The number of allylic oxidation sites excluding steroid dienone is 1. The zero-order chi connectivity index (χ0) is 22.2. The number of carbonyl (C=O) groups is 1. The van der Waals surface area contributed by atoms with Crippen LogP contribution in [0.25, 0.3) is 10.9 Å². The second-order valence-corrected chi connectivity index (χ2v) is 8.92. The molecule has 5 rings (SSSR count). The Morgan fingerprint density at radius 1 is 1.28 bits per heavy atom. The average Bonchev–Trinajstić information content (AvgIpc) is 3.14. The predicted octanol–water partition coefficient (Wildman–Crippen LogP) is 3.73. The Balaban J connectivity index is 1.12. The van der Waals surface area contributed by atoms with E-state index >= 15 is 0 Å². The Kier molecular flexibility index (Phi) is 5.36. The molecule has 0 aliphatic heterocycles. The van der Waals surface area contributed by atoms with Crippen molar-refractivity contribution in [2.24, 2.45) is 23.7 Å². The van der Waals surface area contributed by atoms with Crippen LogP contribution in [0.2, 0.25) is 0 Å². The summed E-state index contributed by atoms with van der Waals surface area (Å²) in [5, 5.41) is 11.2. The van der Waals surface area contributed by atoms with Crippen LogP contribution in [0, 0.1) is 29.5 Å². The molecule has 2 heterocycles. The van der Waals surface area contributed by atoms with Crippen LogP contribution in [0.4, 0.5) is 4.39 Å². The monoisotopic (exact) mass is 435 g/mol. The Bertz CT molecular complexity index is 1140. The summed E-state index contributed by atoms with van der Waals surface area (Å²) >= 11 is 0. The highest BCUT2D eigenvalue weighted by Gasteiger charge is 2.59. The van der Waals surface area contributed by atoms with Crippen LogP contribution in [0.3, 0.4) is 0 Å². The van der Waals surface area contributed by atoms with Crippen LogP contribution in [0.1, 0.15) is 26.2 Å². The molecule has 1 N–H and O–H groups in total. The molecule has 2 fully saturated rings. The number of benzene rings is 1. The van der Waals surface area contributed by atoms with Crippen molar-refractivity contribution < 1.29 is 13.9 Å². The first kappa shape index (κ1) is 20.6. The lowest BCUT2D eigenvalue weighted by molar-refractivity contribution is -0.124. The van der Waals surface area contributed by atoms with Crippen molar-refractivity contribution in [2.45, 2.75) is 38.8 Å². The lowest BCUT2D eigenvalue weighted by atomic mass is 9.97. The van der Waals surface area contributed by atoms with E-state index in [9.17, 15) is 9.18 Å². The molecule has 0 bridgehead atoms. The van der Waals surface area contributed by atoms with E-state index in [1.807, 2.05) is 11.5 Å². The number of hydrogen-bond donors (Lipinski definition) is 1. The van der Waals surface area contributed by atoms with Gasteiger partial charge in [0.25, 0.3) is 0 Å². The van der Waals surface area contributed by atoms with Crippen LogP contribution < -0.4 is 10.1 Å². The fraction of sp³-hybridized carbons (Fsp3) is 0.417. The molecule has 2 aliphatic carbocycles. The first-order valence-electron chi connectivity index (χ1n) is 11.0. The van der Waals surface area contributed by atoms with Gasteiger partial charge in [-0.2, -0.15) is 0 Å². The third-order valence-corrected chi connectivity index (χ3v) is 6.85. The highest BCUT2D eigenvalue weighted by molar-refractivity contribution is 5.84. The quantitative estimate of drug-likeness (QED) is 0.583. The van der Waals surface area contributed by atoms with Gasteiger partial charge >= 0.3 is 0 Å². The zero-order valence-electron chi connectivity index (χ0n) is 17.9. The number of aryl methyl sites for hydroxylation is 1. The molecule has 1 aromatic carbocycles. The standard InChI is InChI=1S/C24H26FN5O2/c1-14(6-8-30-12-27-28-13-30)29-24(31)15(2)23-18-10-17(11-19(18)23)32-22-5-7-26-21-4-3-16(25)9-20(21)22/h3-5,7,9,12-13,15,17-19,23H,1,6,8,10-11H2,2H3,(H,29,31)/t15?,17?,18-,19+,23?. The number of nitrogens with zero attached hydrogens (tertiary/aromatic N) is 4. The molecule has 32 heavy (non-hydrogen) atoms. The molecule has 2 aromatic heterocycles. The maximum Gasteiger partial charge on any atom is 0.227 e. The lowest BCUT2D eigenvalue weighted by Gasteiger charge is -2.20. The number of halogens is 1. The number of hydrogen-bond acceptors (Lipinski definition) is 5. The molecular weight excluding hydrogens is 409 g/mol. The van der Waals surface area contributed by atoms with E-state index in [0.29, 0.717) is 47.6 Å². The fourth-order valence-electron chi connectivity index (χ4n) is 5.18. The number of ether oxygens (including phenoxy) is 1. The van der Waals surface area contributed by atoms with Gasteiger partial charge in [-0.3, -0.25) is 9.78 Å². The van der Waals surface area contributed by atoms with E-state index < -0.39 is 0 Å². The van der Waals surface area contributed by atoms with Crippen LogP contribution in [-0.2, 0) is 11.3 Å². The van der Waals surface area contributed by atoms with E-state index in [4.69, 9.17) is 4.74 Å².